The van der Waals surface area contributed by atoms with Crippen molar-refractivity contribution in [1.29, 1.82) is 0 Å². The van der Waals surface area contributed by atoms with Crippen molar-refractivity contribution < 1.29 is 5.11 Å². The molecule has 29 heavy (non-hydrogen) atoms. The topological polar surface area (TPSA) is 20.2 Å². The molecule has 1 N–H and O–H groups in total. The van der Waals surface area contributed by atoms with Crippen LogP contribution in [-0.2, 0) is 6.42 Å². The first-order chi connectivity index (χ1) is 14.3. The number of rotatable bonds is 7. The first-order valence-corrected chi connectivity index (χ1v) is 11.4. The summed E-state index contributed by atoms with van der Waals surface area (Å²) in [6.07, 6.45) is 0.287. The van der Waals surface area contributed by atoms with Crippen LogP contribution in [0.25, 0.3) is 0 Å². The molecule has 2 heteroatoms. The fraction of sp³-hybridized carbons (Fsp3) is 0.111. The van der Waals surface area contributed by atoms with Gasteiger partial charge in [-0.15, -0.1) is 0 Å². The largest absolute Gasteiger partial charge is 0.388 e. The molecule has 0 unspecified atom stereocenters. The number of hydrogen-bond acceptors (Lipinski definition) is 1. The van der Waals surface area contributed by atoms with Crippen molar-refractivity contribution in [2.24, 2.45) is 0 Å². The van der Waals surface area contributed by atoms with E-state index in [0.717, 1.165) is 12.0 Å². The minimum atomic E-state index is -0.751. The van der Waals surface area contributed by atoms with E-state index in [0.29, 0.717) is 0 Å². The third kappa shape index (κ3) is 4.82. The molecule has 0 heterocycles. The third-order valence-corrected chi connectivity index (χ3v) is 8.03. The molecule has 0 amide bonds. The van der Waals surface area contributed by atoms with E-state index in [2.05, 4.69) is 84.9 Å². The molecule has 0 bridgehead atoms. The normalized spacial score (nSPS) is 13.2. The first-order valence-electron chi connectivity index (χ1n) is 9.99. The Hall–Kier alpha value is -2.73. The Morgan fingerprint density at radius 1 is 0.552 bits per heavy atom. The summed E-state index contributed by atoms with van der Waals surface area (Å²) in [6, 6.07) is 41.9. The van der Waals surface area contributed by atoms with Crippen LogP contribution in [0, 0.1) is 0 Å². The van der Waals surface area contributed by atoms with Crippen molar-refractivity contribution in [3.63, 3.8) is 0 Å². The lowest BCUT2D eigenvalue weighted by atomic mass is 10.0. The molecule has 0 fully saturated rings. The zero-order valence-corrected chi connectivity index (χ0v) is 17.2. The maximum absolute atomic E-state index is 11.6. The van der Waals surface area contributed by atoms with Gasteiger partial charge in [-0.2, -0.15) is 0 Å². The molecule has 2 atom stereocenters. The summed E-state index contributed by atoms with van der Waals surface area (Å²) in [5.74, 6) is 0. The lowest BCUT2D eigenvalue weighted by Crippen LogP contribution is -2.29. The van der Waals surface area contributed by atoms with Crippen molar-refractivity contribution >= 4 is 18.5 Å². The number of benzene rings is 4. The molecule has 4 aromatic rings. The molecule has 0 saturated heterocycles. The van der Waals surface area contributed by atoms with E-state index in [1.165, 1.54) is 16.2 Å². The van der Waals surface area contributed by atoms with Crippen LogP contribution in [0.4, 0.5) is 0 Å². The highest BCUT2D eigenvalue weighted by Crippen LogP contribution is 2.46. The van der Waals surface area contributed by atoms with Crippen molar-refractivity contribution in [1.82, 2.24) is 0 Å². The summed E-state index contributed by atoms with van der Waals surface area (Å²) >= 11 is 0. The highest BCUT2D eigenvalue weighted by Gasteiger charge is 2.31. The Morgan fingerprint density at radius 3 is 1.45 bits per heavy atom. The number of aliphatic hydroxyl groups excluding tert-OH is 1. The third-order valence-electron chi connectivity index (χ3n) is 5.19. The molecule has 0 radical (unpaired) electrons. The van der Waals surface area contributed by atoms with Gasteiger partial charge in [-0.25, -0.2) is 0 Å². The average molecular weight is 396 g/mol. The van der Waals surface area contributed by atoms with Crippen LogP contribution in [-0.4, -0.2) is 10.8 Å². The van der Waals surface area contributed by atoms with Crippen molar-refractivity contribution in [3.05, 3.63) is 132 Å². The summed E-state index contributed by atoms with van der Waals surface area (Å²) in [4.78, 5) is 0. The van der Waals surface area contributed by atoms with Crippen LogP contribution in [0.3, 0.4) is 0 Å². The van der Waals surface area contributed by atoms with Crippen LogP contribution in [0.15, 0.2) is 121 Å². The maximum atomic E-state index is 11.6. The van der Waals surface area contributed by atoms with Crippen LogP contribution < -0.4 is 10.6 Å². The first kappa shape index (κ1) is 19.6. The molecule has 0 aliphatic heterocycles. The summed E-state index contributed by atoms with van der Waals surface area (Å²) in [6.45, 7) is 0. The zero-order chi connectivity index (χ0) is 19.9. The van der Waals surface area contributed by atoms with Gasteiger partial charge in [-0.3, -0.25) is 0 Å². The van der Waals surface area contributed by atoms with Gasteiger partial charge in [0.15, 0.2) is 0 Å². The van der Waals surface area contributed by atoms with Gasteiger partial charge >= 0.3 is 0 Å². The number of aliphatic hydroxyl groups is 1. The van der Waals surface area contributed by atoms with E-state index in [4.69, 9.17) is 0 Å². The molecular formula is C27H25OP. The predicted octanol–water partition coefficient (Wildman–Crippen LogP) is 5.46. The molecular weight excluding hydrogens is 371 g/mol. The van der Waals surface area contributed by atoms with E-state index in [1.54, 1.807) is 0 Å². The monoisotopic (exact) mass is 396 g/mol. The number of hydrogen-bond donors (Lipinski definition) is 1. The Labute approximate surface area is 174 Å². The molecule has 144 valence electrons. The summed E-state index contributed by atoms with van der Waals surface area (Å²) in [5.41, 5.74) is 2.30. The quantitative estimate of drug-likeness (QED) is 0.411. The second kappa shape index (κ2) is 9.65. The standard InChI is InChI=1S/C27H25OP/c28-27(23-15-7-2-8-16-23)26(21-22-13-5-1-6-14-22)29(24-17-9-3-10-18-24)25-19-11-4-12-20-25/h1-20,26-28H,21H2/t26-,27-/m0/s1. The predicted molar refractivity (Wildman–Crippen MR) is 124 cm³/mol. The molecule has 0 aliphatic carbocycles. The molecule has 1 nitrogen and oxygen atoms in total. The minimum absolute atomic E-state index is 0.0691. The van der Waals surface area contributed by atoms with Crippen molar-refractivity contribution in [3.8, 4) is 0 Å². The minimum Gasteiger partial charge on any atom is -0.388 e. The van der Waals surface area contributed by atoms with Gasteiger partial charge in [0.25, 0.3) is 0 Å². The fourth-order valence-corrected chi connectivity index (χ4v) is 6.68. The highest BCUT2D eigenvalue weighted by atomic mass is 31.1. The van der Waals surface area contributed by atoms with Gasteiger partial charge in [0, 0.05) is 5.66 Å². The SMILES string of the molecule is O[C@@H](c1ccccc1)[C@H](Cc1ccccc1)P(c1ccccc1)c1ccccc1. The summed E-state index contributed by atoms with van der Waals surface area (Å²) in [5, 5.41) is 14.1. The summed E-state index contributed by atoms with van der Waals surface area (Å²) in [7, 11) is -0.751. The van der Waals surface area contributed by atoms with Crippen LogP contribution >= 0.6 is 7.92 Å². The second-order valence-corrected chi connectivity index (χ2v) is 9.59. The van der Waals surface area contributed by atoms with Crippen LogP contribution in [0.1, 0.15) is 17.2 Å². The van der Waals surface area contributed by atoms with Crippen LogP contribution in [0.2, 0.25) is 0 Å². The second-order valence-electron chi connectivity index (χ2n) is 7.15. The van der Waals surface area contributed by atoms with Gasteiger partial charge in [0.2, 0.25) is 0 Å². The lowest BCUT2D eigenvalue weighted by Gasteiger charge is -2.33. The summed E-state index contributed by atoms with van der Waals surface area (Å²) < 4.78 is 0. The molecule has 0 aliphatic rings. The smallest absolute Gasteiger partial charge is 0.0866 e. The maximum Gasteiger partial charge on any atom is 0.0866 e. The Morgan fingerprint density at radius 2 is 0.966 bits per heavy atom. The van der Waals surface area contributed by atoms with E-state index < -0.39 is 14.0 Å². The van der Waals surface area contributed by atoms with Gasteiger partial charge in [-0.05, 0) is 36.1 Å². The molecule has 0 saturated carbocycles. The Kier molecular flexibility index (Phi) is 6.52. The van der Waals surface area contributed by atoms with Gasteiger partial charge < -0.3 is 5.11 Å². The molecule has 4 rings (SSSR count). The van der Waals surface area contributed by atoms with Crippen molar-refractivity contribution in [2.75, 3.05) is 0 Å². The van der Waals surface area contributed by atoms with Crippen molar-refractivity contribution in [2.45, 2.75) is 18.2 Å². The Bertz CT molecular complexity index is 948. The average Bonchev–Trinajstić information content (AvgIpc) is 2.81. The van der Waals surface area contributed by atoms with E-state index in [-0.39, 0.29) is 5.66 Å². The highest BCUT2D eigenvalue weighted by molar-refractivity contribution is 7.73. The fourth-order valence-electron chi connectivity index (χ4n) is 3.78. The molecule has 4 aromatic carbocycles. The van der Waals surface area contributed by atoms with Gasteiger partial charge in [-0.1, -0.05) is 121 Å². The van der Waals surface area contributed by atoms with Gasteiger partial charge in [0.1, 0.15) is 0 Å². The Balaban J connectivity index is 1.81. The molecule has 0 spiro atoms. The van der Waals surface area contributed by atoms with E-state index >= 15 is 0 Å². The molecule has 0 aromatic heterocycles. The lowest BCUT2D eigenvalue weighted by molar-refractivity contribution is 0.173. The van der Waals surface area contributed by atoms with Gasteiger partial charge in [0.05, 0.1) is 6.10 Å². The zero-order valence-electron chi connectivity index (χ0n) is 16.3. The van der Waals surface area contributed by atoms with E-state index in [1.807, 2.05) is 36.4 Å². The van der Waals surface area contributed by atoms with Crippen LogP contribution in [0.5, 0.6) is 0 Å². The van der Waals surface area contributed by atoms with E-state index in [9.17, 15) is 5.11 Å².